The molecule has 0 bridgehead atoms. The lowest BCUT2D eigenvalue weighted by Crippen LogP contribution is -2.29. The molecule has 1 aliphatic heterocycles. The number of piperidine rings is 1. The molecule has 1 aromatic heterocycles. The highest BCUT2D eigenvalue weighted by Gasteiger charge is 2.21. The van der Waals surface area contributed by atoms with Gasteiger partial charge in [-0.1, -0.05) is 17.4 Å². The largest absolute Gasteiger partial charge is 0.371 e. The summed E-state index contributed by atoms with van der Waals surface area (Å²) in [4.78, 5) is 13.3. The minimum atomic E-state index is -3.85. The van der Waals surface area contributed by atoms with Gasteiger partial charge >= 0.3 is 0 Å². The number of carbonyl (C=O) groups excluding carboxylic acids is 1. The van der Waals surface area contributed by atoms with Crippen molar-refractivity contribution in [3.05, 3.63) is 24.3 Å². The van der Waals surface area contributed by atoms with Crippen LogP contribution in [-0.2, 0) is 14.8 Å². The highest BCUT2D eigenvalue weighted by atomic mass is 32.2. The summed E-state index contributed by atoms with van der Waals surface area (Å²) in [6.45, 7) is 3.28. The maximum Gasteiger partial charge on any atom is 0.291 e. The normalized spacial score (nSPS) is 15.0. The van der Waals surface area contributed by atoms with E-state index in [9.17, 15) is 13.2 Å². The molecule has 2 aromatic rings. The number of amides is 1. The molecule has 0 spiro atoms. The lowest BCUT2D eigenvalue weighted by molar-refractivity contribution is -0.114. The summed E-state index contributed by atoms with van der Waals surface area (Å²) in [7, 11) is -3.85. The van der Waals surface area contributed by atoms with Gasteiger partial charge in [-0.15, -0.1) is 10.2 Å². The first kappa shape index (κ1) is 17.6. The highest BCUT2D eigenvalue weighted by Crippen LogP contribution is 2.26. The van der Waals surface area contributed by atoms with E-state index >= 15 is 0 Å². The van der Waals surface area contributed by atoms with Crippen LogP contribution in [-0.4, -0.2) is 37.6 Å². The molecule has 2 heterocycles. The quantitative estimate of drug-likeness (QED) is 0.770. The third-order valence-corrected chi connectivity index (χ3v) is 6.33. The van der Waals surface area contributed by atoms with E-state index in [-0.39, 0.29) is 15.4 Å². The number of carbonyl (C=O) groups is 1. The highest BCUT2D eigenvalue weighted by molar-refractivity contribution is 7.94. The number of anilines is 3. The zero-order chi connectivity index (χ0) is 17.9. The Bertz CT molecular complexity index is 860. The fourth-order valence-electron chi connectivity index (χ4n) is 2.64. The SMILES string of the molecule is CC(=O)Nc1nnc(S(=O)(=O)Nc2cccc(N3CCCCC3)c2)s1. The van der Waals surface area contributed by atoms with Crippen molar-refractivity contribution in [3.8, 4) is 0 Å². The molecule has 1 saturated heterocycles. The Morgan fingerprint density at radius 3 is 2.68 bits per heavy atom. The summed E-state index contributed by atoms with van der Waals surface area (Å²) in [6, 6.07) is 7.31. The molecule has 0 atom stereocenters. The third kappa shape index (κ3) is 4.45. The molecule has 0 radical (unpaired) electrons. The first-order valence-corrected chi connectivity index (χ1v) is 10.2. The van der Waals surface area contributed by atoms with Crippen LogP contribution in [0.25, 0.3) is 0 Å². The third-order valence-electron chi connectivity index (χ3n) is 3.74. The van der Waals surface area contributed by atoms with Crippen LogP contribution in [0.1, 0.15) is 26.2 Å². The van der Waals surface area contributed by atoms with Crippen molar-refractivity contribution >= 4 is 43.8 Å². The topological polar surface area (TPSA) is 104 Å². The molecule has 1 fully saturated rings. The van der Waals surface area contributed by atoms with Gasteiger partial charge in [-0.05, 0) is 37.5 Å². The van der Waals surface area contributed by atoms with Crippen LogP contribution < -0.4 is 14.9 Å². The summed E-state index contributed by atoms with van der Waals surface area (Å²) in [5, 5.41) is 9.88. The summed E-state index contributed by atoms with van der Waals surface area (Å²) in [5.74, 6) is -0.331. The molecular weight excluding hydrogens is 362 g/mol. The zero-order valence-electron chi connectivity index (χ0n) is 13.7. The van der Waals surface area contributed by atoms with Gasteiger partial charge in [0, 0.05) is 25.7 Å². The van der Waals surface area contributed by atoms with Crippen LogP contribution in [0.3, 0.4) is 0 Å². The Labute approximate surface area is 150 Å². The van der Waals surface area contributed by atoms with Gasteiger partial charge in [-0.2, -0.15) is 8.42 Å². The van der Waals surface area contributed by atoms with Gasteiger partial charge in [0.1, 0.15) is 0 Å². The Hall–Kier alpha value is -2.20. The van der Waals surface area contributed by atoms with Crippen molar-refractivity contribution in [2.75, 3.05) is 28.0 Å². The van der Waals surface area contributed by atoms with Crippen LogP contribution in [0.15, 0.2) is 28.6 Å². The number of hydrogen-bond donors (Lipinski definition) is 2. The van der Waals surface area contributed by atoms with Gasteiger partial charge in [0.25, 0.3) is 14.4 Å². The number of sulfonamides is 1. The Morgan fingerprint density at radius 1 is 1.20 bits per heavy atom. The Morgan fingerprint density at radius 2 is 1.96 bits per heavy atom. The number of nitrogens with one attached hydrogen (secondary N) is 2. The summed E-state index contributed by atoms with van der Waals surface area (Å²) in [5.41, 5.74) is 1.47. The van der Waals surface area contributed by atoms with Crippen molar-refractivity contribution in [2.24, 2.45) is 0 Å². The average Bonchev–Trinajstić information content (AvgIpc) is 3.04. The van der Waals surface area contributed by atoms with Gasteiger partial charge in [0.2, 0.25) is 11.0 Å². The summed E-state index contributed by atoms with van der Waals surface area (Å²) in [6.07, 6.45) is 3.52. The average molecular weight is 381 g/mol. The maximum atomic E-state index is 12.5. The van der Waals surface area contributed by atoms with Crippen molar-refractivity contribution in [1.29, 1.82) is 0 Å². The van der Waals surface area contributed by atoms with Gasteiger partial charge < -0.3 is 10.2 Å². The molecule has 8 nitrogen and oxygen atoms in total. The van der Waals surface area contributed by atoms with Gasteiger partial charge in [0.15, 0.2) is 0 Å². The van der Waals surface area contributed by atoms with E-state index in [2.05, 4.69) is 25.1 Å². The number of benzene rings is 1. The molecule has 10 heteroatoms. The predicted molar refractivity (Wildman–Crippen MR) is 97.5 cm³/mol. The van der Waals surface area contributed by atoms with Crippen LogP contribution in [0.4, 0.5) is 16.5 Å². The van der Waals surface area contributed by atoms with Gasteiger partial charge in [-0.3, -0.25) is 9.52 Å². The fraction of sp³-hybridized carbons (Fsp3) is 0.400. The van der Waals surface area contributed by atoms with E-state index in [0.29, 0.717) is 5.69 Å². The molecule has 1 aromatic carbocycles. The number of hydrogen-bond acceptors (Lipinski definition) is 7. The molecular formula is C15H19N5O3S2. The number of nitrogens with zero attached hydrogens (tertiary/aromatic N) is 3. The van der Waals surface area contributed by atoms with E-state index in [0.717, 1.165) is 43.0 Å². The van der Waals surface area contributed by atoms with Crippen LogP contribution in [0, 0.1) is 0 Å². The lowest BCUT2D eigenvalue weighted by Gasteiger charge is -2.29. The van der Waals surface area contributed by atoms with Gasteiger partial charge in [-0.25, -0.2) is 0 Å². The molecule has 0 unspecified atom stereocenters. The molecule has 134 valence electrons. The Kier molecular flexibility index (Phi) is 5.19. The first-order valence-electron chi connectivity index (χ1n) is 7.93. The molecule has 25 heavy (non-hydrogen) atoms. The van der Waals surface area contributed by atoms with E-state index in [1.807, 2.05) is 18.2 Å². The summed E-state index contributed by atoms with van der Waals surface area (Å²) >= 11 is 0.805. The molecule has 1 aliphatic rings. The molecule has 0 aliphatic carbocycles. The molecule has 3 rings (SSSR count). The van der Waals surface area contributed by atoms with Crippen LogP contribution >= 0.6 is 11.3 Å². The van der Waals surface area contributed by atoms with Crippen molar-refractivity contribution in [3.63, 3.8) is 0 Å². The minimum Gasteiger partial charge on any atom is -0.371 e. The number of rotatable bonds is 5. The molecule has 1 amide bonds. The smallest absolute Gasteiger partial charge is 0.291 e. The monoisotopic (exact) mass is 381 g/mol. The fourth-order valence-corrected chi connectivity index (χ4v) is 4.63. The Balaban J connectivity index is 1.76. The van der Waals surface area contributed by atoms with Crippen LogP contribution in [0.5, 0.6) is 0 Å². The minimum absolute atomic E-state index is 0.148. The standard InChI is InChI=1S/C15H19N5O3S2/c1-11(21)16-14-17-18-15(24-14)25(22,23)19-12-6-5-7-13(10-12)20-8-3-2-4-9-20/h5-7,10,19H,2-4,8-9H2,1H3,(H,16,17,21). The zero-order valence-corrected chi connectivity index (χ0v) is 15.4. The van der Waals surface area contributed by atoms with Crippen molar-refractivity contribution < 1.29 is 13.2 Å². The van der Waals surface area contributed by atoms with E-state index < -0.39 is 10.0 Å². The van der Waals surface area contributed by atoms with Crippen LogP contribution in [0.2, 0.25) is 0 Å². The molecule has 0 saturated carbocycles. The van der Waals surface area contributed by atoms with E-state index in [4.69, 9.17) is 0 Å². The summed E-state index contributed by atoms with van der Waals surface area (Å²) < 4.78 is 27.2. The number of aromatic nitrogens is 2. The predicted octanol–water partition coefficient (Wildman–Crippen LogP) is 2.29. The van der Waals surface area contributed by atoms with E-state index in [1.54, 1.807) is 6.07 Å². The van der Waals surface area contributed by atoms with Crippen molar-refractivity contribution in [1.82, 2.24) is 10.2 Å². The second-order valence-electron chi connectivity index (χ2n) is 5.76. The van der Waals surface area contributed by atoms with Gasteiger partial charge in [0.05, 0.1) is 5.69 Å². The van der Waals surface area contributed by atoms with Crippen molar-refractivity contribution in [2.45, 2.75) is 30.5 Å². The second kappa shape index (κ2) is 7.36. The second-order valence-corrected chi connectivity index (χ2v) is 8.59. The first-order chi connectivity index (χ1) is 11.9. The van der Waals surface area contributed by atoms with E-state index in [1.165, 1.54) is 13.3 Å². The lowest BCUT2D eigenvalue weighted by atomic mass is 10.1. The maximum absolute atomic E-state index is 12.5. The molecule has 2 N–H and O–H groups in total.